The first-order valence-electron chi connectivity index (χ1n) is 10.4. The molecular formula is C25H30N2O5. The molecule has 7 heteroatoms. The lowest BCUT2D eigenvalue weighted by Crippen LogP contribution is -2.35. The number of hydrogen-bond donors (Lipinski definition) is 1. The lowest BCUT2D eigenvalue weighted by atomic mass is 9.92. The Bertz CT molecular complexity index is 1070. The van der Waals surface area contributed by atoms with Gasteiger partial charge < -0.3 is 24.4 Å². The summed E-state index contributed by atoms with van der Waals surface area (Å²) in [5.74, 6) is -0.484. The molecule has 1 heterocycles. The molecule has 0 unspecified atom stereocenters. The standard InChI is InChI=1S/C25H30N2O5/c1-15-7-8-16(2)18(13-15)23(28)21-22(19-14-17(31-5)9-10-20(19)32-6)27(12-11-26(3)4)25(30)24(21)29/h7-10,13-14,22,28H,11-12H2,1-6H3/t22-/m0/s1. The molecule has 0 spiro atoms. The number of benzene rings is 2. The van der Waals surface area contributed by atoms with Crippen molar-refractivity contribution >= 4 is 17.4 Å². The first-order valence-corrected chi connectivity index (χ1v) is 10.4. The second kappa shape index (κ2) is 9.44. The zero-order chi connectivity index (χ0) is 23.6. The number of ketones is 1. The first kappa shape index (κ1) is 23.3. The van der Waals surface area contributed by atoms with Gasteiger partial charge in [-0.3, -0.25) is 9.59 Å². The minimum atomic E-state index is -0.806. The largest absolute Gasteiger partial charge is 0.507 e. The van der Waals surface area contributed by atoms with Crippen molar-refractivity contribution < 1.29 is 24.2 Å². The predicted molar refractivity (Wildman–Crippen MR) is 123 cm³/mol. The number of rotatable bonds is 7. The van der Waals surface area contributed by atoms with E-state index in [-0.39, 0.29) is 11.3 Å². The zero-order valence-electron chi connectivity index (χ0n) is 19.4. The fourth-order valence-corrected chi connectivity index (χ4v) is 3.93. The molecule has 170 valence electrons. The SMILES string of the molecule is COc1ccc(OC)c([C@H]2C(=C(O)c3cc(C)ccc3C)C(=O)C(=O)N2CCN(C)C)c1. The van der Waals surface area contributed by atoms with Gasteiger partial charge in [-0.2, -0.15) is 0 Å². The van der Waals surface area contributed by atoms with Crippen molar-refractivity contribution in [2.45, 2.75) is 19.9 Å². The first-order chi connectivity index (χ1) is 15.2. The number of amides is 1. The molecule has 0 saturated carbocycles. The van der Waals surface area contributed by atoms with Gasteiger partial charge in [0, 0.05) is 24.2 Å². The van der Waals surface area contributed by atoms with E-state index >= 15 is 0 Å². The summed E-state index contributed by atoms with van der Waals surface area (Å²) >= 11 is 0. The molecule has 1 fully saturated rings. The molecule has 1 aliphatic rings. The van der Waals surface area contributed by atoms with Crippen LogP contribution < -0.4 is 9.47 Å². The van der Waals surface area contributed by atoms with E-state index in [2.05, 4.69) is 0 Å². The van der Waals surface area contributed by atoms with Gasteiger partial charge in [0.1, 0.15) is 17.3 Å². The van der Waals surface area contributed by atoms with Crippen molar-refractivity contribution in [2.24, 2.45) is 0 Å². The molecule has 0 bridgehead atoms. The van der Waals surface area contributed by atoms with Gasteiger partial charge in [0.25, 0.3) is 11.7 Å². The molecule has 1 N–H and O–H groups in total. The van der Waals surface area contributed by atoms with Gasteiger partial charge in [0.2, 0.25) is 0 Å². The molecule has 32 heavy (non-hydrogen) atoms. The Hall–Kier alpha value is -3.32. The molecule has 1 saturated heterocycles. The average molecular weight is 439 g/mol. The van der Waals surface area contributed by atoms with E-state index in [1.807, 2.05) is 51.0 Å². The molecule has 0 aromatic heterocycles. The molecule has 2 aromatic carbocycles. The maximum absolute atomic E-state index is 13.2. The van der Waals surface area contributed by atoms with Crippen LogP contribution in [0, 0.1) is 13.8 Å². The molecule has 0 radical (unpaired) electrons. The van der Waals surface area contributed by atoms with Gasteiger partial charge in [-0.25, -0.2) is 0 Å². The number of aliphatic hydroxyl groups is 1. The van der Waals surface area contributed by atoms with Crippen LogP contribution in [0.4, 0.5) is 0 Å². The number of likely N-dealkylation sites (tertiary alicyclic amines) is 1. The van der Waals surface area contributed by atoms with E-state index in [1.54, 1.807) is 25.3 Å². The highest BCUT2D eigenvalue weighted by molar-refractivity contribution is 6.46. The Morgan fingerprint density at radius 2 is 1.78 bits per heavy atom. The van der Waals surface area contributed by atoms with Crippen molar-refractivity contribution in [1.82, 2.24) is 9.80 Å². The highest BCUT2D eigenvalue weighted by Crippen LogP contribution is 2.44. The quantitative estimate of drug-likeness (QED) is 0.406. The molecule has 1 atom stereocenters. The normalized spacial score (nSPS) is 17.8. The summed E-state index contributed by atoms with van der Waals surface area (Å²) < 4.78 is 10.9. The lowest BCUT2D eigenvalue weighted by molar-refractivity contribution is -0.140. The van der Waals surface area contributed by atoms with Crippen LogP contribution in [0.2, 0.25) is 0 Å². The predicted octanol–water partition coefficient (Wildman–Crippen LogP) is 3.30. The number of carbonyl (C=O) groups excluding carboxylic acids is 2. The fraction of sp³-hybridized carbons (Fsp3) is 0.360. The number of ether oxygens (including phenoxy) is 2. The summed E-state index contributed by atoms with van der Waals surface area (Å²) in [6.45, 7) is 4.64. The summed E-state index contributed by atoms with van der Waals surface area (Å²) in [5, 5.41) is 11.3. The van der Waals surface area contributed by atoms with Crippen molar-refractivity contribution in [3.8, 4) is 11.5 Å². The number of hydrogen-bond acceptors (Lipinski definition) is 6. The van der Waals surface area contributed by atoms with Gasteiger partial charge in [-0.05, 0) is 57.8 Å². The van der Waals surface area contributed by atoms with Crippen LogP contribution >= 0.6 is 0 Å². The number of methoxy groups -OCH3 is 2. The van der Waals surface area contributed by atoms with Crippen LogP contribution in [0.5, 0.6) is 11.5 Å². The highest BCUT2D eigenvalue weighted by atomic mass is 16.5. The molecule has 2 aromatic rings. The van der Waals surface area contributed by atoms with Gasteiger partial charge in [-0.1, -0.05) is 17.7 Å². The van der Waals surface area contributed by atoms with Crippen LogP contribution in [0.15, 0.2) is 42.0 Å². The van der Waals surface area contributed by atoms with Crippen molar-refractivity contribution in [3.63, 3.8) is 0 Å². The van der Waals surface area contributed by atoms with Gasteiger partial charge in [-0.15, -0.1) is 0 Å². The summed E-state index contributed by atoms with van der Waals surface area (Å²) in [4.78, 5) is 29.7. The number of likely N-dealkylation sites (N-methyl/N-ethyl adjacent to an activating group) is 1. The number of aliphatic hydroxyl groups excluding tert-OH is 1. The average Bonchev–Trinajstić information content (AvgIpc) is 3.02. The van der Waals surface area contributed by atoms with Crippen LogP contribution in [0.3, 0.4) is 0 Å². The van der Waals surface area contributed by atoms with Crippen LogP contribution in [0.1, 0.15) is 28.3 Å². The lowest BCUT2D eigenvalue weighted by Gasteiger charge is -2.28. The van der Waals surface area contributed by atoms with Gasteiger partial charge in [0.05, 0.1) is 25.8 Å². The third-order valence-electron chi connectivity index (χ3n) is 5.71. The molecule has 0 aliphatic carbocycles. The third kappa shape index (κ3) is 4.34. The molecule has 1 amide bonds. The second-order valence-electron chi connectivity index (χ2n) is 8.22. The maximum atomic E-state index is 13.2. The number of nitrogens with zero attached hydrogens (tertiary/aromatic N) is 2. The van der Waals surface area contributed by atoms with E-state index in [1.165, 1.54) is 12.0 Å². The third-order valence-corrected chi connectivity index (χ3v) is 5.71. The van der Waals surface area contributed by atoms with E-state index in [0.717, 1.165) is 11.1 Å². The topological polar surface area (TPSA) is 79.3 Å². The molecular weight excluding hydrogens is 408 g/mol. The smallest absolute Gasteiger partial charge is 0.295 e. The number of Topliss-reactive ketones (excluding diaryl/α,β-unsaturated/α-hetero) is 1. The minimum absolute atomic E-state index is 0.0500. The van der Waals surface area contributed by atoms with Gasteiger partial charge >= 0.3 is 0 Å². The molecule has 7 nitrogen and oxygen atoms in total. The van der Waals surface area contributed by atoms with Crippen LogP contribution in [-0.2, 0) is 9.59 Å². The summed E-state index contributed by atoms with van der Waals surface area (Å²) in [7, 11) is 6.87. The van der Waals surface area contributed by atoms with E-state index in [9.17, 15) is 14.7 Å². The number of carbonyl (C=O) groups is 2. The Kier molecular flexibility index (Phi) is 6.89. The van der Waals surface area contributed by atoms with Crippen molar-refractivity contribution in [2.75, 3.05) is 41.4 Å². The zero-order valence-corrected chi connectivity index (χ0v) is 19.4. The van der Waals surface area contributed by atoms with Crippen LogP contribution in [0.25, 0.3) is 5.76 Å². The monoisotopic (exact) mass is 438 g/mol. The summed E-state index contributed by atoms with van der Waals surface area (Å²) in [6, 6.07) is 10.1. The second-order valence-corrected chi connectivity index (χ2v) is 8.22. The highest BCUT2D eigenvalue weighted by Gasteiger charge is 2.47. The van der Waals surface area contributed by atoms with E-state index in [4.69, 9.17) is 9.47 Å². The fourth-order valence-electron chi connectivity index (χ4n) is 3.93. The minimum Gasteiger partial charge on any atom is -0.507 e. The Morgan fingerprint density at radius 1 is 1.06 bits per heavy atom. The Morgan fingerprint density at radius 3 is 2.41 bits per heavy atom. The molecule has 3 rings (SSSR count). The van der Waals surface area contributed by atoms with E-state index < -0.39 is 17.7 Å². The van der Waals surface area contributed by atoms with Crippen molar-refractivity contribution in [3.05, 3.63) is 64.2 Å². The molecule has 1 aliphatic heterocycles. The summed E-state index contributed by atoms with van der Waals surface area (Å²) in [6.07, 6.45) is 0. The van der Waals surface area contributed by atoms with Gasteiger partial charge in [0.15, 0.2) is 0 Å². The van der Waals surface area contributed by atoms with E-state index in [0.29, 0.717) is 35.7 Å². The summed E-state index contributed by atoms with van der Waals surface area (Å²) in [5.41, 5.74) is 2.91. The Balaban J connectivity index is 2.28. The maximum Gasteiger partial charge on any atom is 0.295 e. The van der Waals surface area contributed by atoms with Crippen molar-refractivity contribution in [1.29, 1.82) is 0 Å². The Labute approximate surface area is 188 Å². The number of aryl methyl sites for hydroxylation is 2. The van der Waals surface area contributed by atoms with Crippen LogP contribution in [-0.4, -0.2) is 68.0 Å².